The summed E-state index contributed by atoms with van der Waals surface area (Å²) in [7, 11) is -3.34. The molecule has 0 aromatic carbocycles. The third-order valence-electron chi connectivity index (χ3n) is 4.09. The maximum Gasteiger partial charge on any atom is 0.252 e. The van der Waals surface area contributed by atoms with E-state index in [1.54, 1.807) is 4.31 Å². The number of aryl methyl sites for hydroxylation is 1. The Balaban J connectivity index is 2.26. The zero-order valence-corrected chi connectivity index (χ0v) is 14.8. The van der Waals surface area contributed by atoms with Gasteiger partial charge in [0, 0.05) is 24.0 Å². The van der Waals surface area contributed by atoms with Gasteiger partial charge >= 0.3 is 0 Å². The van der Waals surface area contributed by atoms with E-state index in [-0.39, 0.29) is 6.04 Å². The van der Waals surface area contributed by atoms with Crippen LogP contribution in [0.25, 0.3) is 0 Å². The summed E-state index contributed by atoms with van der Waals surface area (Å²) in [4.78, 5) is 1.12. The fourth-order valence-corrected chi connectivity index (χ4v) is 6.14. The lowest BCUT2D eigenvalue weighted by molar-refractivity contribution is 0.343. The predicted octanol–water partition coefficient (Wildman–Crippen LogP) is 3.12. The molecule has 1 aromatic heterocycles. The molecule has 1 atom stereocenters. The molecule has 21 heavy (non-hydrogen) atoms. The molecule has 1 saturated heterocycles. The average Bonchev–Trinajstić information content (AvgIpc) is 2.67. The standard InChI is InChI=1S/C15H26N2O2S2/c1-4-16-11-14-12(2)10-15(20-14)21(18,19)17-9-7-5-6-8-13(17)3/h10,13,16H,4-9,11H2,1-3H3. The van der Waals surface area contributed by atoms with Crippen LogP contribution >= 0.6 is 11.3 Å². The second-order valence-electron chi connectivity index (χ2n) is 5.77. The van der Waals surface area contributed by atoms with Gasteiger partial charge < -0.3 is 5.32 Å². The van der Waals surface area contributed by atoms with Gasteiger partial charge in [0.1, 0.15) is 4.21 Å². The molecule has 1 aliphatic rings. The zero-order valence-electron chi connectivity index (χ0n) is 13.2. The van der Waals surface area contributed by atoms with Crippen molar-refractivity contribution in [3.63, 3.8) is 0 Å². The summed E-state index contributed by atoms with van der Waals surface area (Å²) in [6, 6.07) is 1.95. The lowest BCUT2D eigenvalue weighted by atomic mass is 10.1. The number of hydrogen-bond donors (Lipinski definition) is 1. The van der Waals surface area contributed by atoms with Gasteiger partial charge in [0.2, 0.25) is 0 Å². The molecule has 1 aliphatic heterocycles. The maximum absolute atomic E-state index is 12.9. The Morgan fingerprint density at radius 3 is 2.86 bits per heavy atom. The second kappa shape index (κ2) is 7.22. The first-order chi connectivity index (χ1) is 9.96. The predicted molar refractivity (Wildman–Crippen MR) is 88.3 cm³/mol. The van der Waals surface area contributed by atoms with Gasteiger partial charge in [-0.3, -0.25) is 0 Å². The highest BCUT2D eigenvalue weighted by atomic mass is 32.2. The van der Waals surface area contributed by atoms with Crippen LogP contribution in [0.15, 0.2) is 10.3 Å². The highest BCUT2D eigenvalue weighted by Crippen LogP contribution is 2.31. The van der Waals surface area contributed by atoms with Crippen molar-refractivity contribution in [2.45, 2.75) is 63.3 Å². The number of hydrogen-bond acceptors (Lipinski definition) is 4. The van der Waals surface area contributed by atoms with Gasteiger partial charge in [0.15, 0.2) is 0 Å². The van der Waals surface area contributed by atoms with Crippen molar-refractivity contribution in [1.82, 2.24) is 9.62 Å². The first-order valence-corrected chi connectivity index (χ1v) is 10.0. The summed E-state index contributed by atoms with van der Waals surface area (Å²) in [6.45, 7) is 8.38. The Kier molecular flexibility index (Phi) is 5.82. The van der Waals surface area contributed by atoms with E-state index in [9.17, 15) is 8.42 Å². The highest BCUT2D eigenvalue weighted by Gasteiger charge is 2.31. The molecule has 2 heterocycles. The summed E-state index contributed by atoms with van der Waals surface area (Å²) < 4.78 is 28.0. The Morgan fingerprint density at radius 2 is 2.14 bits per heavy atom. The van der Waals surface area contributed by atoms with E-state index >= 15 is 0 Å². The fourth-order valence-electron chi connectivity index (χ4n) is 2.75. The molecule has 0 bridgehead atoms. The van der Waals surface area contributed by atoms with Crippen LogP contribution < -0.4 is 5.32 Å². The van der Waals surface area contributed by atoms with Crippen LogP contribution in [-0.4, -0.2) is 31.9 Å². The van der Waals surface area contributed by atoms with Crippen molar-refractivity contribution < 1.29 is 8.42 Å². The Morgan fingerprint density at radius 1 is 1.38 bits per heavy atom. The van der Waals surface area contributed by atoms with Gasteiger partial charge in [-0.1, -0.05) is 19.8 Å². The fraction of sp³-hybridized carbons (Fsp3) is 0.733. The van der Waals surface area contributed by atoms with Crippen LogP contribution in [0.4, 0.5) is 0 Å². The van der Waals surface area contributed by atoms with E-state index in [0.29, 0.717) is 10.8 Å². The second-order valence-corrected chi connectivity index (χ2v) is 9.02. The zero-order chi connectivity index (χ0) is 15.5. The number of rotatable bonds is 5. The third-order valence-corrected chi connectivity index (χ3v) is 7.79. The van der Waals surface area contributed by atoms with Gasteiger partial charge in [-0.2, -0.15) is 4.31 Å². The summed E-state index contributed by atoms with van der Waals surface area (Å²) >= 11 is 1.42. The van der Waals surface area contributed by atoms with E-state index in [4.69, 9.17) is 0 Å². The molecule has 2 rings (SSSR count). The van der Waals surface area contributed by atoms with E-state index in [1.165, 1.54) is 11.3 Å². The van der Waals surface area contributed by atoms with Gasteiger partial charge in [0.25, 0.3) is 10.0 Å². The highest BCUT2D eigenvalue weighted by molar-refractivity contribution is 7.91. The summed E-state index contributed by atoms with van der Waals surface area (Å²) in [5, 5.41) is 3.27. The molecule has 0 saturated carbocycles. The van der Waals surface area contributed by atoms with Crippen LogP contribution in [0.2, 0.25) is 0 Å². The molecule has 1 fully saturated rings. The largest absolute Gasteiger partial charge is 0.312 e. The molecule has 0 spiro atoms. The van der Waals surface area contributed by atoms with E-state index in [2.05, 4.69) is 12.2 Å². The SMILES string of the molecule is CCNCc1sc(S(=O)(=O)N2CCCCCC2C)cc1C. The van der Waals surface area contributed by atoms with Crippen molar-refractivity contribution >= 4 is 21.4 Å². The summed E-state index contributed by atoms with van der Waals surface area (Å²) in [6.07, 6.45) is 4.19. The molecular weight excluding hydrogens is 304 g/mol. The number of nitrogens with one attached hydrogen (secondary N) is 1. The minimum Gasteiger partial charge on any atom is -0.312 e. The minimum absolute atomic E-state index is 0.108. The van der Waals surface area contributed by atoms with Crippen molar-refractivity contribution in [2.75, 3.05) is 13.1 Å². The van der Waals surface area contributed by atoms with Gasteiger partial charge in [-0.05, 0) is 44.9 Å². The van der Waals surface area contributed by atoms with Crippen molar-refractivity contribution in [1.29, 1.82) is 0 Å². The Labute approximate surface area is 132 Å². The van der Waals surface area contributed by atoms with Gasteiger partial charge in [-0.15, -0.1) is 11.3 Å². The summed E-state index contributed by atoms with van der Waals surface area (Å²) in [5.41, 5.74) is 1.07. The van der Waals surface area contributed by atoms with Crippen LogP contribution in [-0.2, 0) is 16.6 Å². The first-order valence-electron chi connectivity index (χ1n) is 7.78. The van der Waals surface area contributed by atoms with Gasteiger partial charge in [0.05, 0.1) is 0 Å². The van der Waals surface area contributed by atoms with E-state index in [0.717, 1.165) is 49.2 Å². The quantitative estimate of drug-likeness (QED) is 0.902. The molecule has 1 unspecified atom stereocenters. The minimum atomic E-state index is -3.34. The lowest BCUT2D eigenvalue weighted by Gasteiger charge is -2.25. The topological polar surface area (TPSA) is 49.4 Å². The molecule has 4 nitrogen and oxygen atoms in total. The van der Waals surface area contributed by atoms with Crippen LogP contribution in [0, 0.1) is 6.92 Å². The molecular formula is C15H26N2O2S2. The number of nitrogens with zero attached hydrogens (tertiary/aromatic N) is 1. The molecule has 6 heteroatoms. The molecule has 120 valence electrons. The van der Waals surface area contributed by atoms with Crippen molar-refractivity contribution in [2.24, 2.45) is 0 Å². The van der Waals surface area contributed by atoms with Gasteiger partial charge in [-0.25, -0.2) is 8.42 Å². The molecule has 0 aliphatic carbocycles. The molecule has 0 radical (unpaired) electrons. The number of thiophene rings is 1. The van der Waals surface area contributed by atoms with Crippen LogP contribution in [0.5, 0.6) is 0 Å². The Hall–Kier alpha value is -0.430. The molecule has 0 amide bonds. The maximum atomic E-state index is 12.9. The van der Waals surface area contributed by atoms with Crippen LogP contribution in [0.1, 0.15) is 50.0 Å². The normalized spacial score (nSPS) is 21.4. The first kappa shape index (κ1) is 16.9. The monoisotopic (exact) mass is 330 g/mol. The summed E-state index contributed by atoms with van der Waals surface area (Å²) in [5.74, 6) is 0. The number of sulfonamides is 1. The third kappa shape index (κ3) is 3.86. The van der Waals surface area contributed by atoms with Crippen molar-refractivity contribution in [3.8, 4) is 0 Å². The Bertz CT molecular complexity index is 566. The smallest absolute Gasteiger partial charge is 0.252 e. The molecule has 1 aromatic rings. The van der Waals surface area contributed by atoms with Crippen LogP contribution in [0.3, 0.4) is 0 Å². The average molecular weight is 331 g/mol. The van der Waals surface area contributed by atoms with Crippen molar-refractivity contribution in [3.05, 3.63) is 16.5 Å². The molecule has 1 N–H and O–H groups in total. The lowest BCUT2D eigenvalue weighted by Crippen LogP contribution is -2.37. The van der Waals surface area contributed by atoms with E-state index in [1.807, 2.05) is 19.9 Å². The van der Waals surface area contributed by atoms with E-state index < -0.39 is 10.0 Å².